The van der Waals surface area contributed by atoms with E-state index >= 15 is 0 Å². The third kappa shape index (κ3) is 2.98. The highest BCUT2D eigenvalue weighted by Crippen LogP contribution is 2.24. The van der Waals surface area contributed by atoms with E-state index in [-0.39, 0.29) is 10.7 Å². The molecule has 1 aromatic heterocycles. The van der Waals surface area contributed by atoms with Crippen LogP contribution in [0.2, 0.25) is 5.02 Å². The summed E-state index contributed by atoms with van der Waals surface area (Å²) in [5.74, 6) is 5.71. The smallest absolute Gasteiger partial charge is 0.276 e. The Morgan fingerprint density at radius 3 is 2.75 bits per heavy atom. The van der Waals surface area contributed by atoms with E-state index in [1.54, 1.807) is 36.4 Å². The van der Waals surface area contributed by atoms with E-state index in [1.807, 2.05) is 0 Å². The Hall–Kier alpha value is -2.31. The summed E-state index contributed by atoms with van der Waals surface area (Å²) in [6.45, 7) is 0. The number of aromatic nitrogens is 1. The molecule has 0 bridgehead atoms. The molecule has 0 aliphatic carbocycles. The molecule has 2 rings (SSSR count). The van der Waals surface area contributed by atoms with E-state index in [1.165, 1.54) is 7.11 Å². The number of nitrogen functional groups attached to an aromatic ring is 1. The fourth-order valence-electron chi connectivity index (χ4n) is 1.61. The predicted octanol–water partition coefficient (Wildman–Crippen LogP) is 2.28. The van der Waals surface area contributed by atoms with Crippen molar-refractivity contribution >= 4 is 29.0 Å². The van der Waals surface area contributed by atoms with Crippen LogP contribution in [0.5, 0.6) is 5.75 Å². The van der Waals surface area contributed by atoms with Gasteiger partial charge in [-0.1, -0.05) is 23.7 Å². The first-order chi connectivity index (χ1) is 9.65. The summed E-state index contributed by atoms with van der Waals surface area (Å²) in [4.78, 5) is 16.2. The highest BCUT2D eigenvalue weighted by molar-refractivity contribution is 6.34. The van der Waals surface area contributed by atoms with Gasteiger partial charge in [0.25, 0.3) is 5.91 Å². The van der Waals surface area contributed by atoms with Crippen molar-refractivity contribution in [3.8, 4) is 5.75 Å². The molecule has 0 aliphatic heterocycles. The number of rotatable bonds is 4. The van der Waals surface area contributed by atoms with E-state index < -0.39 is 5.91 Å². The summed E-state index contributed by atoms with van der Waals surface area (Å²) in [5.41, 5.74) is 2.97. The second-order valence-electron chi connectivity index (χ2n) is 3.83. The maximum Gasteiger partial charge on any atom is 0.276 e. The van der Waals surface area contributed by atoms with Crippen molar-refractivity contribution in [3.05, 3.63) is 47.1 Å². The number of benzene rings is 1. The van der Waals surface area contributed by atoms with Gasteiger partial charge in [-0.15, -0.1) is 0 Å². The molecule has 0 saturated heterocycles. The van der Waals surface area contributed by atoms with Crippen LogP contribution in [-0.2, 0) is 0 Å². The fourth-order valence-corrected chi connectivity index (χ4v) is 1.80. The average Bonchev–Trinajstić information content (AvgIpc) is 2.48. The molecule has 0 unspecified atom stereocenters. The zero-order valence-electron chi connectivity index (χ0n) is 10.7. The Morgan fingerprint density at radius 2 is 2.05 bits per heavy atom. The summed E-state index contributed by atoms with van der Waals surface area (Å²) < 4.78 is 5.16. The lowest BCUT2D eigenvalue weighted by Gasteiger charge is -2.10. The minimum Gasteiger partial charge on any atom is -0.495 e. The molecule has 1 amide bonds. The molecule has 1 heterocycles. The topological polar surface area (TPSA) is 89.3 Å². The third-order valence-electron chi connectivity index (χ3n) is 2.56. The first kappa shape index (κ1) is 14.1. The van der Waals surface area contributed by atoms with Crippen molar-refractivity contribution in [2.24, 2.45) is 5.84 Å². The number of methoxy groups -OCH3 is 1. The quantitative estimate of drug-likeness (QED) is 0.594. The van der Waals surface area contributed by atoms with Gasteiger partial charge in [-0.2, -0.15) is 0 Å². The number of halogens is 1. The van der Waals surface area contributed by atoms with Crippen LogP contribution in [0.25, 0.3) is 0 Å². The monoisotopic (exact) mass is 292 g/mol. The second kappa shape index (κ2) is 6.23. The van der Waals surface area contributed by atoms with Gasteiger partial charge in [0.05, 0.1) is 17.8 Å². The predicted molar refractivity (Wildman–Crippen MR) is 78.0 cm³/mol. The molecule has 2 aromatic rings. The molecule has 0 aliphatic rings. The average molecular weight is 293 g/mol. The number of nitrogens with one attached hydrogen (secondary N) is 2. The van der Waals surface area contributed by atoms with Crippen molar-refractivity contribution in [1.82, 2.24) is 4.98 Å². The Morgan fingerprint density at radius 1 is 1.30 bits per heavy atom. The van der Waals surface area contributed by atoms with Crippen LogP contribution in [0, 0.1) is 0 Å². The van der Waals surface area contributed by atoms with Gasteiger partial charge in [0.1, 0.15) is 17.3 Å². The van der Waals surface area contributed by atoms with E-state index in [9.17, 15) is 4.79 Å². The minimum atomic E-state index is -0.448. The van der Waals surface area contributed by atoms with Crippen LogP contribution < -0.4 is 21.3 Å². The molecule has 0 saturated carbocycles. The number of carbonyl (C=O) groups excluding carboxylic acids is 1. The van der Waals surface area contributed by atoms with Gasteiger partial charge in [-0.25, -0.2) is 10.8 Å². The number of ether oxygens (including phenoxy) is 1. The van der Waals surface area contributed by atoms with E-state index in [0.717, 1.165) is 0 Å². The summed E-state index contributed by atoms with van der Waals surface area (Å²) in [5, 5.41) is 2.92. The van der Waals surface area contributed by atoms with Gasteiger partial charge < -0.3 is 15.5 Å². The first-order valence-corrected chi connectivity index (χ1v) is 6.11. The van der Waals surface area contributed by atoms with Crippen LogP contribution >= 0.6 is 11.6 Å². The van der Waals surface area contributed by atoms with Gasteiger partial charge in [-0.3, -0.25) is 4.79 Å². The number of hydrogen-bond acceptors (Lipinski definition) is 5. The van der Waals surface area contributed by atoms with Crippen LogP contribution in [0.3, 0.4) is 0 Å². The van der Waals surface area contributed by atoms with Crippen molar-refractivity contribution in [2.75, 3.05) is 17.9 Å². The van der Waals surface area contributed by atoms with E-state index in [4.69, 9.17) is 22.2 Å². The molecular weight excluding hydrogens is 280 g/mol. The van der Waals surface area contributed by atoms with Crippen LogP contribution in [0.1, 0.15) is 10.5 Å². The number of anilines is 2. The lowest BCUT2D eigenvalue weighted by molar-refractivity contribution is 0.102. The minimum absolute atomic E-state index is 0.0769. The molecule has 4 N–H and O–H groups in total. The number of para-hydroxylation sites is 2. The maximum atomic E-state index is 12.2. The number of carbonyl (C=O) groups is 1. The van der Waals surface area contributed by atoms with Gasteiger partial charge in [0, 0.05) is 0 Å². The summed E-state index contributed by atoms with van der Waals surface area (Å²) in [6, 6.07) is 10.2. The number of amides is 1. The molecule has 0 radical (unpaired) electrons. The SMILES string of the molecule is COc1ccccc1NC(=O)c1nc(NN)ccc1Cl. The summed E-state index contributed by atoms with van der Waals surface area (Å²) >= 11 is 5.96. The standard InChI is InChI=1S/C13H13ClN4O2/c1-20-10-5-3-2-4-9(10)16-13(19)12-8(14)6-7-11(17-12)18-15/h2-7H,15H2,1H3,(H,16,19)(H,17,18). The molecular formula is C13H13ClN4O2. The highest BCUT2D eigenvalue weighted by atomic mass is 35.5. The number of nitrogens with two attached hydrogens (primary N) is 1. The van der Waals surface area contributed by atoms with Crippen molar-refractivity contribution in [2.45, 2.75) is 0 Å². The summed E-state index contributed by atoms with van der Waals surface area (Å²) in [7, 11) is 1.52. The zero-order valence-corrected chi connectivity index (χ0v) is 11.4. The van der Waals surface area contributed by atoms with Crippen LogP contribution in [0.15, 0.2) is 36.4 Å². The Kier molecular flexibility index (Phi) is 4.39. The van der Waals surface area contributed by atoms with Crippen LogP contribution in [0.4, 0.5) is 11.5 Å². The molecule has 20 heavy (non-hydrogen) atoms. The maximum absolute atomic E-state index is 12.2. The van der Waals surface area contributed by atoms with Gasteiger partial charge in [-0.05, 0) is 24.3 Å². The Labute approximate surface area is 120 Å². The van der Waals surface area contributed by atoms with Crippen LogP contribution in [-0.4, -0.2) is 18.0 Å². The molecule has 104 valence electrons. The lowest BCUT2D eigenvalue weighted by Crippen LogP contribution is -2.17. The lowest BCUT2D eigenvalue weighted by atomic mass is 10.2. The van der Waals surface area contributed by atoms with E-state index in [2.05, 4.69) is 15.7 Å². The van der Waals surface area contributed by atoms with Gasteiger partial charge in [0.2, 0.25) is 0 Å². The third-order valence-corrected chi connectivity index (χ3v) is 2.87. The normalized spacial score (nSPS) is 9.95. The zero-order chi connectivity index (χ0) is 14.5. The molecule has 1 aromatic carbocycles. The molecule has 0 fully saturated rings. The highest BCUT2D eigenvalue weighted by Gasteiger charge is 2.15. The summed E-state index contributed by atoms with van der Waals surface area (Å²) in [6.07, 6.45) is 0. The Bertz CT molecular complexity index is 634. The fraction of sp³-hybridized carbons (Fsp3) is 0.0769. The van der Waals surface area contributed by atoms with Crippen molar-refractivity contribution < 1.29 is 9.53 Å². The van der Waals surface area contributed by atoms with Gasteiger partial charge >= 0.3 is 0 Å². The molecule has 0 spiro atoms. The molecule has 7 heteroatoms. The Balaban J connectivity index is 2.28. The molecule has 0 atom stereocenters. The molecule has 6 nitrogen and oxygen atoms in total. The number of pyridine rings is 1. The second-order valence-corrected chi connectivity index (χ2v) is 4.23. The number of hydrogen-bond donors (Lipinski definition) is 3. The largest absolute Gasteiger partial charge is 0.495 e. The first-order valence-electron chi connectivity index (χ1n) is 5.73. The number of hydrazine groups is 1. The van der Waals surface area contributed by atoms with Gasteiger partial charge in [0.15, 0.2) is 0 Å². The number of nitrogens with zero attached hydrogens (tertiary/aromatic N) is 1. The van der Waals surface area contributed by atoms with Crippen molar-refractivity contribution in [1.29, 1.82) is 0 Å². The van der Waals surface area contributed by atoms with E-state index in [0.29, 0.717) is 17.3 Å². The van der Waals surface area contributed by atoms with Crippen molar-refractivity contribution in [3.63, 3.8) is 0 Å².